The van der Waals surface area contributed by atoms with Gasteiger partial charge in [-0.15, -0.1) is 0 Å². The number of hydrogen-bond acceptors (Lipinski definition) is 2. The molecular weight excluding hydrogens is 277 g/mol. The van der Waals surface area contributed by atoms with Crippen LogP contribution < -0.4 is 5.73 Å². The van der Waals surface area contributed by atoms with Gasteiger partial charge in [0.1, 0.15) is 5.82 Å². The molecule has 2 N–H and O–H groups in total. The van der Waals surface area contributed by atoms with E-state index in [9.17, 15) is 4.39 Å². The summed E-state index contributed by atoms with van der Waals surface area (Å²) in [7, 11) is 0. The molecule has 0 bridgehead atoms. The molecule has 0 radical (unpaired) electrons. The van der Waals surface area contributed by atoms with Crippen LogP contribution in [0.5, 0.6) is 0 Å². The van der Waals surface area contributed by atoms with Gasteiger partial charge in [-0.3, -0.25) is 0 Å². The molecule has 3 rings (SSSR count). The average molecular weight is 296 g/mol. The first-order valence-electron chi connectivity index (χ1n) is 7.22. The molecule has 108 valence electrons. The molecule has 1 aromatic carbocycles. The van der Waals surface area contributed by atoms with Crippen molar-refractivity contribution < 1.29 is 4.39 Å². The SMILES string of the molecule is CCC1CCCC(n2c(N)nc3cc(F)c(Cl)cc32)C1. The Balaban J connectivity index is 2.06. The molecule has 1 heterocycles. The maximum atomic E-state index is 13.5. The number of hydrogen-bond donors (Lipinski definition) is 1. The monoisotopic (exact) mass is 295 g/mol. The minimum absolute atomic E-state index is 0.126. The number of nitrogens with zero attached hydrogens (tertiary/aromatic N) is 2. The number of aromatic nitrogens is 2. The molecule has 1 aliphatic carbocycles. The maximum absolute atomic E-state index is 13.5. The summed E-state index contributed by atoms with van der Waals surface area (Å²) < 4.78 is 15.6. The van der Waals surface area contributed by atoms with Crippen molar-refractivity contribution >= 4 is 28.6 Å². The summed E-state index contributed by atoms with van der Waals surface area (Å²) in [6.07, 6.45) is 5.90. The quantitative estimate of drug-likeness (QED) is 0.883. The lowest BCUT2D eigenvalue weighted by atomic mass is 9.84. The highest BCUT2D eigenvalue weighted by atomic mass is 35.5. The third kappa shape index (κ3) is 2.26. The summed E-state index contributed by atoms with van der Waals surface area (Å²) in [4.78, 5) is 4.28. The zero-order chi connectivity index (χ0) is 14.3. The van der Waals surface area contributed by atoms with Crippen molar-refractivity contribution in [2.24, 2.45) is 5.92 Å². The molecule has 1 aliphatic rings. The van der Waals surface area contributed by atoms with E-state index in [1.807, 2.05) is 4.57 Å². The Hall–Kier alpha value is -1.29. The minimum atomic E-state index is -0.445. The predicted octanol–water partition coefficient (Wildman–Crippen LogP) is 4.55. The Labute approximate surface area is 122 Å². The first-order valence-corrected chi connectivity index (χ1v) is 7.60. The van der Waals surface area contributed by atoms with Crippen molar-refractivity contribution in [1.29, 1.82) is 0 Å². The second kappa shape index (κ2) is 5.24. The molecular formula is C15H19ClFN3. The second-order valence-electron chi connectivity index (χ2n) is 5.69. The van der Waals surface area contributed by atoms with Crippen molar-refractivity contribution in [3.8, 4) is 0 Å². The lowest BCUT2D eigenvalue weighted by molar-refractivity contribution is 0.267. The molecule has 0 spiro atoms. The van der Waals surface area contributed by atoms with Crippen LogP contribution in [0.15, 0.2) is 12.1 Å². The van der Waals surface area contributed by atoms with Gasteiger partial charge in [-0.25, -0.2) is 9.37 Å². The van der Waals surface area contributed by atoms with E-state index in [1.54, 1.807) is 6.07 Å². The molecule has 20 heavy (non-hydrogen) atoms. The highest BCUT2D eigenvalue weighted by Crippen LogP contribution is 2.38. The molecule has 5 heteroatoms. The van der Waals surface area contributed by atoms with Crippen LogP contribution in [0.2, 0.25) is 5.02 Å². The van der Waals surface area contributed by atoms with Crippen LogP contribution in [0.4, 0.5) is 10.3 Å². The molecule has 2 aromatic rings. The van der Waals surface area contributed by atoms with Gasteiger partial charge in [0.25, 0.3) is 0 Å². The predicted molar refractivity (Wildman–Crippen MR) is 80.4 cm³/mol. The molecule has 0 saturated heterocycles. The molecule has 1 fully saturated rings. The van der Waals surface area contributed by atoms with E-state index >= 15 is 0 Å². The third-order valence-corrected chi connectivity index (χ3v) is 4.75. The lowest BCUT2D eigenvalue weighted by Crippen LogP contribution is -2.20. The summed E-state index contributed by atoms with van der Waals surface area (Å²) in [5.74, 6) is 0.754. The van der Waals surface area contributed by atoms with Gasteiger partial charge in [-0.05, 0) is 24.8 Å². The molecule has 1 aromatic heterocycles. The van der Waals surface area contributed by atoms with Gasteiger partial charge in [-0.2, -0.15) is 0 Å². The normalized spacial score (nSPS) is 23.4. The van der Waals surface area contributed by atoms with E-state index in [-0.39, 0.29) is 5.02 Å². The molecule has 3 nitrogen and oxygen atoms in total. The number of rotatable bonds is 2. The zero-order valence-corrected chi connectivity index (χ0v) is 12.3. The van der Waals surface area contributed by atoms with Crippen LogP contribution in [0, 0.1) is 11.7 Å². The van der Waals surface area contributed by atoms with Gasteiger partial charge in [0, 0.05) is 12.1 Å². The molecule has 0 aliphatic heterocycles. The van der Waals surface area contributed by atoms with E-state index in [1.165, 1.54) is 25.3 Å². The van der Waals surface area contributed by atoms with Gasteiger partial charge in [0.05, 0.1) is 16.1 Å². The van der Waals surface area contributed by atoms with Crippen molar-refractivity contribution in [2.45, 2.75) is 45.1 Å². The Bertz CT molecular complexity index is 638. The number of benzene rings is 1. The van der Waals surface area contributed by atoms with Crippen molar-refractivity contribution in [1.82, 2.24) is 9.55 Å². The summed E-state index contributed by atoms with van der Waals surface area (Å²) in [5.41, 5.74) is 7.49. The van der Waals surface area contributed by atoms with Gasteiger partial charge < -0.3 is 10.3 Å². The molecule has 0 amide bonds. The van der Waals surface area contributed by atoms with E-state index < -0.39 is 5.82 Å². The van der Waals surface area contributed by atoms with Crippen LogP contribution in [-0.2, 0) is 0 Å². The summed E-state index contributed by atoms with van der Waals surface area (Å²) in [5, 5.41) is 0.126. The first kappa shape index (κ1) is 13.7. The van der Waals surface area contributed by atoms with E-state index in [2.05, 4.69) is 11.9 Å². The number of imidazole rings is 1. The van der Waals surface area contributed by atoms with Gasteiger partial charge >= 0.3 is 0 Å². The third-order valence-electron chi connectivity index (χ3n) is 4.46. The minimum Gasteiger partial charge on any atom is -0.369 e. The number of nitrogen functional groups attached to an aromatic ring is 1. The molecule has 2 atom stereocenters. The summed E-state index contributed by atoms with van der Waals surface area (Å²) in [6, 6.07) is 3.36. The summed E-state index contributed by atoms with van der Waals surface area (Å²) in [6.45, 7) is 2.23. The fourth-order valence-corrected chi connectivity index (χ4v) is 3.52. The highest BCUT2D eigenvalue weighted by Gasteiger charge is 2.25. The van der Waals surface area contributed by atoms with Crippen molar-refractivity contribution in [3.63, 3.8) is 0 Å². The highest BCUT2D eigenvalue weighted by molar-refractivity contribution is 6.31. The molecule has 1 saturated carbocycles. The van der Waals surface area contributed by atoms with Gasteiger partial charge in [-0.1, -0.05) is 37.8 Å². The number of anilines is 1. The molecule has 2 unspecified atom stereocenters. The van der Waals surface area contributed by atoms with Crippen LogP contribution in [-0.4, -0.2) is 9.55 Å². The topological polar surface area (TPSA) is 43.8 Å². The van der Waals surface area contributed by atoms with Gasteiger partial charge in [0.2, 0.25) is 5.95 Å². The lowest BCUT2D eigenvalue weighted by Gasteiger charge is -2.30. The van der Waals surface area contributed by atoms with Crippen molar-refractivity contribution in [3.05, 3.63) is 23.0 Å². The van der Waals surface area contributed by atoms with E-state index in [4.69, 9.17) is 17.3 Å². The number of fused-ring (bicyclic) bond motifs is 1. The Kier molecular flexibility index (Phi) is 3.59. The van der Waals surface area contributed by atoms with Crippen LogP contribution in [0.1, 0.15) is 45.1 Å². The first-order chi connectivity index (χ1) is 9.60. The fourth-order valence-electron chi connectivity index (χ4n) is 3.36. The largest absolute Gasteiger partial charge is 0.369 e. The van der Waals surface area contributed by atoms with Crippen LogP contribution in [0.25, 0.3) is 11.0 Å². The van der Waals surface area contributed by atoms with E-state index in [0.29, 0.717) is 17.5 Å². The van der Waals surface area contributed by atoms with Gasteiger partial charge in [0.15, 0.2) is 0 Å². The summed E-state index contributed by atoms with van der Waals surface area (Å²) >= 11 is 5.91. The van der Waals surface area contributed by atoms with Crippen molar-refractivity contribution in [2.75, 3.05) is 5.73 Å². The smallest absolute Gasteiger partial charge is 0.201 e. The second-order valence-corrected chi connectivity index (χ2v) is 6.10. The Morgan fingerprint density at radius 1 is 1.45 bits per heavy atom. The maximum Gasteiger partial charge on any atom is 0.201 e. The Morgan fingerprint density at radius 3 is 3.00 bits per heavy atom. The standard InChI is InChI=1S/C15H19ClFN3/c1-2-9-4-3-5-10(6-9)20-14-7-11(16)12(17)8-13(14)19-15(20)18/h7-10H,2-6H2,1H3,(H2,18,19). The zero-order valence-electron chi connectivity index (χ0n) is 11.6. The average Bonchev–Trinajstić information content (AvgIpc) is 2.74. The number of halogens is 2. The Morgan fingerprint density at radius 2 is 2.25 bits per heavy atom. The fraction of sp³-hybridized carbons (Fsp3) is 0.533. The van der Waals surface area contributed by atoms with Crippen LogP contribution >= 0.6 is 11.6 Å². The van der Waals surface area contributed by atoms with Crippen LogP contribution in [0.3, 0.4) is 0 Å². The van der Waals surface area contributed by atoms with E-state index in [0.717, 1.165) is 24.3 Å². The number of nitrogens with two attached hydrogens (primary N) is 1.